The number of rotatable bonds is 2. The zero-order valence-electron chi connectivity index (χ0n) is 7.98. The molecule has 1 aliphatic carbocycles. The summed E-state index contributed by atoms with van der Waals surface area (Å²) in [6.07, 6.45) is 4.31. The van der Waals surface area contributed by atoms with E-state index in [0.717, 1.165) is 0 Å². The monoisotopic (exact) mass is 153 g/mol. The third-order valence-corrected chi connectivity index (χ3v) is 3.53. The van der Waals surface area contributed by atoms with E-state index in [4.69, 9.17) is 0 Å². The maximum Gasteiger partial charge on any atom is 0.0165 e. The van der Waals surface area contributed by atoms with Gasteiger partial charge in [0.05, 0.1) is 0 Å². The van der Waals surface area contributed by atoms with Crippen molar-refractivity contribution < 1.29 is 0 Å². The van der Waals surface area contributed by atoms with E-state index in [1.54, 1.807) is 0 Å². The Bertz CT molecular complexity index is 168. The lowest BCUT2D eigenvalue weighted by Crippen LogP contribution is -2.57. The summed E-state index contributed by atoms with van der Waals surface area (Å²) in [5.41, 5.74) is 1.23. The molecule has 0 aromatic rings. The second-order valence-corrected chi connectivity index (χ2v) is 5.29. The Morgan fingerprint density at radius 2 is 1.73 bits per heavy atom. The molecule has 2 fully saturated rings. The Balaban J connectivity index is 1.88. The second-order valence-electron chi connectivity index (χ2n) is 5.29. The molecule has 0 spiro atoms. The van der Waals surface area contributed by atoms with Crippen molar-refractivity contribution in [1.29, 1.82) is 0 Å². The molecule has 0 N–H and O–H groups in total. The van der Waals surface area contributed by atoms with Crippen LogP contribution in [0.1, 0.15) is 40.0 Å². The first-order valence-electron chi connectivity index (χ1n) is 4.77. The average molecular weight is 153 g/mol. The minimum atomic E-state index is 0.519. The molecule has 2 aliphatic rings. The van der Waals surface area contributed by atoms with Gasteiger partial charge in [-0.05, 0) is 38.5 Å². The minimum Gasteiger partial charge on any atom is -0.298 e. The topological polar surface area (TPSA) is 3.24 Å². The summed E-state index contributed by atoms with van der Waals surface area (Å²) >= 11 is 0. The van der Waals surface area contributed by atoms with E-state index >= 15 is 0 Å². The highest BCUT2D eigenvalue weighted by Gasteiger charge is 2.45. The van der Waals surface area contributed by atoms with Crippen LogP contribution in [0, 0.1) is 5.41 Å². The molecular formula is C10H19N. The highest BCUT2D eigenvalue weighted by Crippen LogP contribution is 2.48. The van der Waals surface area contributed by atoms with Crippen LogP contribution in [-0.2, 0) is 0 Å². The first kappa shape index (κ1) is 7.60. The van der Waals surface area contributed by atoms with Crippen LogP contribution < -0.4 is 0 Å². The van der Waals surface area contributed by atoms with Crippen molar-refractivity contribution in [1.82, 2.24) is 4.90 Å². The van der Waals surface area contributed by atoms with Crippen molar-refractivity contribution >= 4 is 0 Å². The highest BCUT2D eigenvalue weighted by atomic mass is 15.3. The third-order valence-electron chi connectivity index (χ3n) is 3.53. The van der Waals surface area contributed by atoms with Crippen LogP contribution in [0.2, 0.25) is 0 Å². The normalized spacial score (nSPS) is 33.0. The van der Waals surface area contributed by atoms with E-state index in [0.29, 0.717) is 11.0 Å². The van der Waals surface area contributed by atoms with Crippen molar-refractivity contribution in [2.45, 2.75) is 45.6 Å². The molecule has 0 aromatic heterocycles. The van der Waals surface area contributed by atoms with E-state index in [2.05, 4.69) is 25.7 Å². The van der Waals surface area contributed by atoms with Crippen LogP contribution in [0.3, 0.4) is 0 Å². The van der Waals surface area contributed by atoms with Gasteiger partial charge in [-0.3, -0.25) is 4.90 Å². The fourth-order valence-electron chi connectivity index (χ4n) is 1.84. The van der Waals surface area contributed by atoms with Gasteiger partial charge in [-0.2, -0.15) is 0 Å². The Morgan fingerprint density at radius 3 is 2.00 bits per heavy atom. The molecule has 1 heterocycles. The molecule has 0 aromatic carbocycles. The molecule has 1 saturated carbocycles. The third kappa shape index (κ3) is 1.31. The predicted octanol–water partition coefficient (Wildman–Crippen LogP) is 2.27. The number of likely N-dealkylation sites (tertiary alicyclic amines) is 1. The zero-order chi connectivity index (χ0) is 8.11. The van der Waals surface area contributed by atoms with Gasteiger partial charge in [0.2, 0.25) is 0 Å². The molecule has 1 heteroatoms. The summed E-state index contributed by atoms with van der Waals surface area (Å²) in [5, 5.41) is 0. The lowest BCUT2D eigenvalue weighted by atomic mass is 9.87. The Kier molecular flexibility index (Phi) is 1.39. The van der Waals surface area contributed by atoms with Gasteiger partial charge < -0.3 is 0 Å². The van der Waals surface area contributed by atoms with Crippen molar-refractivity contribution in [3.8, 4) is 0 Å². The molecular weight excluding hydrogens is 134 g/mol. The summed E-state index contributed by atoms with van der Waals surface area (Å²) in [6, 6.07) is 0. The summed E-state index contributed by atoms with van der Waals surface area (Å²) < 4.78 is 0. The van der Waals surface area contributed by atoms with Gasteiger partial charge in [-0.25, -0.2) is 0 Å². The largest absolute Gasteiger partial charge is 0.298 e. The van der Waals surface area contributed by atoms with Crippen LogP contribution >= 0.6 is 0 Å². The highest BCUT2D eigenvalue weighted by molar-refractivity contribution is 4.99. The molecule has 0 radical (unpaired) electrons. The summed E-state index contributed by atoms with van der Waals surface area (Å²) in [4.78, 5) is 2.64. The van der Waals surface area contributed by atoms with Gasteiger partial charge >= 0.3 is 0 Å². The summed E-state index contributed by atoms with van der Waals surface area (Å²) in [6.45, 7) is 9.83. The van der Waals surface area contributed by atoms with Gasteiger partial charge in [0, 0.05) is 18.6 Å². The van der Waals surface area contributed by atoms with Gasteiger partial charge in [0.25, 0.3) is 0 Å². The quantitative estimate of drug-likeness (QED) is 0.588. The molecule has 0 atom stereocenters. The van der Waals surface area contributed by atoms with E-state index in [-0.39, 0.29) is 0 Å². The maximum absolute atomic E-state index is 2.64. The van der Waals surface area contributed by atoms with Crippen LogP contribution in [-0.4, -0.2) is 23.5 Å². The first-order valence-corrected chi connectivity index (χ1v) is 4.77. The van der Waals surface area contributed by atoms with Crippen molar-refractivity contribution in [2.24, 2.45) is 5.41 Å². The van der Waals surface area contributed by atoms with Gasteiger partial charge in [0.1, 0.15) is 0 Å². The fourth-order valence-corrected chi connectivity index (χ4v) is 1.84. The van der Waals surface area contributed by atoms with Crippen LogP contribution in [0.15, 0.2) is 0 Å². The van der Waals surface area contributed by atoms with Crippen LogP contribution in [0.4, 0.5) is 0 Å². The van der Waals surface area contributed by atoms with E-state index in [9.17, 15) is 0 Å². The number of hydrogen-bond donors (Lipinski definition) is 0. The van der Waals surface area contributed by atoms with E-state index in [1.165, 1.54) is 32.4 Å². The Morgan fingerprint density at radius 1 is 1.09 bits per heavy atom. The Labute approximate surface area is 69.8 Å². The molecule has 0 bridgehead atoms. The second kappa shape index (κ2) is 2.01. The minimum absolute atomic E-state index is 0.519. The number of nitrogens with zero attached hydrogens (tertiary/aromatic N) is 1. The van der Waals surface area contributed by atoms with Crippen molar-refractivity contribution in [3.63, 3.8) is 0 Å². The molecule has 1 aliphatic heterocycles. The lowest BCUT2D eigenvalue weighted by molar-refractivity contribution is 0.000196. The smallest absolute Gasteiger partial charge is 0.0165 e. The summed E-state index contributed by atoms with van der Waals surface area (Å²) in [7, 11) is 0. The first-order chi connectivity index (χ1) is 5.02. The molecule has 0 unspecified atom stereocenters. The zero-order valence-corrected chi connectivity index (χ0v) is 7.98. The summed E-state index contributed by atoms with van der Waals surface area (Å²) in [5.74, 6) is 0. The van der Waals surface area contributed by atoms with Crippen molar-refractivity contribution in [3.05, 3.63) is 0 Å². The fraction of sp³-hybridized carbons (Fsp3) is 1.00. The van der Waals surface area contributed by atoms with Crippen LogP contribution in [0.25, 0.3) is 0 Å². The Hall–Kier alpha value is -0.0400. The molecule has 2 rings (SSSR count). The lowest BCUT2D eigenvalue weighted by Gasteiger charge is -2.49. The number of hydrogen-bond acceptors (Lipinski definition) is 1. The standard InChI is InChI=1S/C10H19N/c1-9(2)6-7-11(9)8-10(3)4-5-10/h4-8H2,1-3H3. The molecule has 11 heavy (non-hydrogen) atoms. The molecule has 64 valence electrons. The van der Waals surface area contributed by atoms with E-state index < -0.39 is 0 Å². The SMILES string of the molecule is CC1(CN2CCC2(C)C)CC1. The van der Waals surface area contributed by atoms with Crippen molar-refractivity contribution in [2.75, 3.05) is 13.1 Å². The van der Waals surface area contributed by atoms with Gasteiger partial charge in [-0.1, -0.05) is 6.92 Å². The predicted molar refractivity (Wildman–Crippen MR) is 47.6 cm³/mol. The molecule has 1 nitrogen and oxygen atoms in total. The maximum atomic E-state index is 2.64. The average Bonchev–Trinajstić information content (AvgIpc) is 2.63. The van der Waals surface area contributed by atoms with E-state index in [1.807, 2.05) is 0 Å². The molecule has 0 amide bonds. The van der Waals surface area contributed by atoms with Gasteiger partial charge in [0.15, 0.2) is 0 Å². The van der Waals surface area contributed by atoms with Gasteiger partial charge in [-0.15, -0.1) is 0 Å². The van der Waals surface area contributed by atoms with Crippen LogP contribution in [0.5, 0.6) is 0 Å². The molecule has 1 saturated heterocycles.